The Morgan fingerprint density at radius 2 is 1.75 bits per heavy atom. The average Bonchev–Trinajstić information content (AvgIpc) is 2.73. The van der Waals surface area contributed by atoms with E-state index in [0.29, 0.717) is 0 Å². The molecule has 0 aromatic rings. The number of amides is 1. The zero-order valence-corrected chi connectivity index (χ0v) is 17.3. The monoisotopic (exact) mass is 469 g/mol. The molecule has 10 N–H and O–H groups in total. The van der Waals surface area contributed by atoms with Gasteiger partial charge in [-0.25, -0.2) is 4.79 Å². The maximum Gasteiger partial charge on any atom is 0.336 e. The van der Waals surface area contributed by atoms with Crippen LogP contribution in [0.1, 0.15) is 19.8 Å². The van der Waals surface area contributed by atoms with Crippen molar-refractivity contribution in [3.63, 3.8) is 0 Å². The van der Waals surface area contributed by atoms with Crippen molar-refractivity contribution in [1.82, 2.24) is 5.32 Å². The van der Waals surface area contributed by atoms with E-state index in [2.05, 4.69) is 5.32 Å². The molecule has 0 aliphatic carbocycles. The summed E-state index contributed by atoms with van der Waals surface area (Å²) < 4.78 is 10.5. The molecule has 2 aliphatic rings. The fourth-order valence-electron chi connectivity index (χ4n) is 4.25. The number of carboxylic acid groups (broad SMARTS) is 1. The van der Waals surface area contributed by atoms with E-state index in [0.717, 1.165) is 6.92 Å². The lowest BCUT2D eigenvalue weighted by Crippen LogP contribution is -2.68. The third-order valence-electron chi connectivity index (χ3n) is 5.96. The minimum Gasteiger partial charge on any atom is -0.479 e. The molecule has 0 spiro atoms. The number of hydrogen-bond donors (Lipinski definition) is 10. The summed E-state index contributed by atoms with van der Waals surface area (Å²) in [4.78, 5) is 23.8. The lowest BCUT2D eigenvalue weighted by molar-refractivity contribution is -0.287. The topological polar surface area (TPSA) is 247 Å². The van der Waals surface area contributed by atoms with Crippen LogP contribution < -0.4 is 5.32 Å². The van der Waals surface area contributed by atoms with Gasteiger partial charge in [-0.15, -0.1) is 0 Å². The maximum absolute atomic E-state index is 12.3. The predicted octanol–water partition coefficient (Wildman–Crippen LogP) is -5.38. The molecule has 0 saturated carbocycles. The fourth-order valence-corrected chi connectivity index (χ4v) is 4.25. The number of carbonyl (C=O) groups excluding carboxylic acids is 1. The van der Waals surface area contributed by atoms with Crippen LogP contribution in [0.5, 0.6) is 0 Å². The zero-order valence-electron chi connectivity index (χ0n) is 17.3. The van der Waals surface area contributed by atoms with Gasteiger partial charge in [-0.05, 0) is 6.42 Å². The Balaban J connectivity index is 2.42. The molecular formula is C18H31NO13. The van der Waals surface area contributed by atoms with Gasteiger partial charge in [0.15, 0.2) is 11.9 Å². The molecule has 0 aromatic heterocycles. The van der Waals surface area contributed by atoms with E-state index in [1.165, 1.54) is 0 Å². The first kappa shape index (κ1) is 26.8. The van der Waals surface area contributed by atoms with Gasteiger partial charge in [0.25, 0.3) is 0 Å². The van der Waals surface area contributed by atoms with Crippen LogP contribution >= 0.6 is 0 Å². The molecule has 0 radical (unpaired) electrons. The standard InChI is InChI=1S/C18H31NO13/c1-6(22)19-11-8(23)3-18(17(29)30,32-15(11)14(27)9(24)4-20)2-7-12(25)10(5-21)31-16(28)13(7)26/h7-16,20-21,23-28H,2-5H2,1H3,(H,19,22)(H,29,30)/t7-,8-,9+,10+,11+,12+,13+,14+,15+,16+,18+/m0/s1. The number of rotatable bonds is 8. The molecule has 2 aliphatic heterocycles. The highest BCUT2D eigenvalue weighted by atomic mass is 16.6. The smallest absolute Gasteiger partial charge is 0.336 e. The van der Waals surface area contributed by atoms with Gasteiger partial charge < -0.3 is 60.7 Å². The first-order chi connectivity index (χ1) is 14.9. The normalized spacial score (nSPS) is 42.2. The molecule has 32 heavy (non-hydrogen) atoms. The number of aliphatic carboxylic acids is 1. The first-order valence-corrected chi connectivity index (χ1v) is 10.0. The molecule has 11 atom stereocenters. The second-order valence-electron chi connectivity index (χ2n) is 8.22. The third-order valence-corrected chi connectivity index (χ3v) is 5.96. The number of carboxylic acids is 1. The SMILES string of the molecule is CC(=O)N[C@H]1[C@H]([C@H](O)[C@H](O)CO)O[C@@](C[C@@H]2[C@@H](O)[C@H](O)O[C@H](CO)[C@@H]2O)(C(=O)O)C[C@@H]1O. The highest BCUT2D eigenvalue weighted by Gasteiger charge is 2.57. The van der Waals surface area contributed by atoms with Crippen molar-refractivity contribution in [2.45, 2.75) is 80.4 Å². The molecule has 2 saturated heterocycles. The summed E-state index contributed by atoms with van der Waals surface area (Å²) in [6.45, 7) is -0.589. The Morgan fingerprint density at radius 3 is 2.25 bits per heavy atom. The van der Waals surface area contributed by atoms with Gasteiger partial charge in [-0.3, -0.25) is 4.79 Å². The minimum absolute atomic E-state index is 0.652. The van der Waals surface area contributed by atoms with Crippen molar-refractivity contribution in [3.05, 3.63) is 0 Å². The van der Waals surface area contributed by atoms with Crippen molar-refractivity contribution >= 4 is 11.9 Å². The summed E-state index contributed by atoms with van der Waals surface area (Å²) in [7, 11) is 0. The zero-order chi connectivity index (χ0) is 24.4. The van der Waals surface area contributed by atoms with Crippen LogP contribution in [0.25, 0.3) is 0 Å². The van der Waals surface area contributed by atoms with Crippen LogP contribution in [0.3, 0.4) is 0 Å². The van der Waals surface area contributed by atoms with Crippen LogP contribution in [0.4, 0.5) is 0 Å². The second-order valence-corrected chi connectivity index (χ2v) is 8.22. The largest absolute Gasteiger partial charge is 0.479 e. The number of nitrogens with one attached hydrogen (secondary N) is 1. The molecule has 2 fully saturated rings. The van der Waals surface area contributed by atoms with Gasteiger partial charge in [0.2, 0.25) is 5.91 Å². The number of aliphatic hydroxyl groups is 8. The molecule has 2 heterocycles. The lowest BCUT2D eigenvalue weighted by atomic mass is 9.74. The number of carbonyl (C=O) groups is 2. The van der Waals surface area contributed by atoms with Crippen molar-refractivity contribution < 1.29 is 65.0 Å². The summed E-state index contributed by atoms with van der Waals surface area (Å²) in [6, 6.07) is -1.36. The van der Waals surface area contributed by atoms with Crippen molar-refractivity contribution in [2.75, 3.05) is 13.2 Å². The summed E-state index contributed by atoms with van der Waals surface area (Å²) >= 11 is 0. The Morgan fingerprint density at radius 1 is 1.12 bits per heavy atom. The highest BCUT2D eigenvalue weighted by molar-refractivity contribution is 5.78. The van der Waals surface area contributed by atoms with Crippen LogP contribution in [0, 0.1) is 5.92 Å². The molecule has 14 nitrogen and oxygen atoms in total. The van der Waals surface area contributed by atoms with E-state index in [4.69, 9.17) is 14.6 Å². The lowest BCUT2D eigenvalue weighted by Gasteiger charge is -2.50. The van der Waals surface area contributed by atoms with Crippen LogP contribution in [-0.4, -0.2) is 132 Å². The summed E-state index contributed by atoms with van der Waals surface area (Å²) in [5.41, 5.74) is -2.36. The number of aliphatic hydroxyl groups excluding tert-OH is 8. The van der Waals surface area contributed by atoms with Gasteiger partial charge in [0.05, 0.1) is 31.5 Å². The fraction of sp³-hybridized carbons (Fsp3) is 0.889. The second kappa shape index (κ2) is 10.6. The number of ether oxygens (including phenoxy) is 2. The van der Waals surface area contributed by atoms with E-state index in [1.54, 1.807) is 0 Å². The van der Waals surface area contributed by atoms with Crippen LogP contribution in [-0.2, 0) is 19.1 Å². The van der Waals surface area contributed by atoms with Crippen LogP contribution in [0.15, 0.2) is 0 Å². The Kier molecular flexibility index (Phi) is 8.91. The summed E-state index contributed by atoms with van der Waals surface area (Å²) in [6.07, 6.45) is -15.1. The van der Waals surface area contributed by atoms with E-state index in [9.17, 15) is 50.4 Å². The van der Waals surface area contributed by atoms with Crippen molar-refractivity contribution in [2.24, 2.45) is 5.92 Å². The Bertz CT molecular complexity index is 665. The molecule has 14 heteroatoms. The molecule has 2 rings (SSSR count). The molecular weight excluding hydrogens is 438 g/mol. The highest BCUT2D eigenvalue weighted by Crippen LogP contribution is 2.40. The Labute approximate surface area is 182 Å². The van der Waals surface area contributed by atoms with Gasteiger partial charge in [-0.2, -0.15) is 0 Å². The maximum atomic E-state index is 12.3. The quantitative estimate of drug-likeness (QED) is 0.160. The van der Waals surface area contributed by atoms with Gasteiger partial charge in [0, 0.05) is 19.3 Å². The van der Waals surface area contributed by atoms with E-state index < -0.39 is 105 Å². The molecule has 186 valence electrons. The Hall–Kier alpha value is -1.46. The summed E-state index contributed by atoms with van der Waals surface area (Å²) in [5, 5.41) is 92.2. The van der Waals surface area contributed by atoms with Gasteiger partial charge in [0.1, 0.15) is 30.5 Å². The van der Waals surface area contributed by atoms with Crippen molar-refractivity contribution in [3.8, 4) is 0 Å². The molecule has 0 aromatic carbocycles. The van der Waals surface area contributed by atoms with E-state index in [-0.39, 0.29) is 0 Å². The van der Waals surface area contributed by atoms with Crippen molar-refractivity contribution in [1.29, 1.82) is 0 Å². The van der Waals surface area contributed by atoms with E-state index >= 15 is 0 Å². The van der Waals surface area contributed by atoms with Crippen LogP contribution in [0.2, 0.25) is 0 Å². The molecule has 0 unspecified atom stereocenters. The average molecular weight is 469 g/mol. The molecule has 0 bridgehead atoms. The summed E-state index contributed by atoms with van der Waals surface area (Å²) in [5.74, 6) is -3.72. The third kappa shape index (κ3) is 5.36. The number of hydrogen-bond acceptors (Lipinski definition) is 12. The minimum atomic E-state index is -2.36. The van der Waals surface area contributed by atoms with E-state index in [1.807, 2.05) is 0 Å². The first-order valence-electron chi connectivity index (χ1n) is 10.0. The van der Waals surface area contributed by atoms with Gasteiger partial charge >= 0.3 is 5.97 Å². The van der Waals surface area contributed by atoms with Gasteiger partial charge in [-0.1, -0.05) is 0 Å². The molecule has 1 amide bonds. The predicted molar refractivity (Wildman–Crippen MR) is 101 cm³/mol.